The molecule has 2 saturated carbocycles. The Morgan fingerprint density at radius 1 is 1.31 bits per heavy atom. The summed E-state index contributed by atoms with van der Waals surface area (Å²) in [6.45, 7) is 2.01. The highest BCUT2D eigenvalue weighted by atomic mass is 79.9. The average Bonchev–Trinajstić information content (AvgIpc) is 3.39. The number of halogens is 1. The SMILES string of the molecule is CCOC(=O)COc1ccc(Br)cc1[C@H]1c2sc(=O)[nH]c2SC2C3CCC(C3)C21. The predicted molar refractivity (Wildman–Crippen MR) is 117 cm³/mol. The summed E-state index contributed by atoms with van der Waals surface area (Å²) in [7, 11) is 0. The van der Waals surface area contributed by atoms with Gasteiger partial charge in [-0.15, -0.1) is 11.8 Å². The highest BCUT2D eigenvalue weighted by Gasteiger charge is 2.55. The van der Waals surface area contributed by atoms with Crippen molar-refractivity contribution < 1.29 is 14.3 Å². The fourth-order valence-electron chi connectivity index (χ4n) is 5.43. The molecule has 3 aliphatic rings. The Balaban J connectivity index is 1.57. The van der Waals surface area contributed by atoms with E-state index in [0.717, 1.165) is 25.9 Å². The van der Waals surface area contributed by atoms with Gasteiger partial charge in [0.2, 0.25) is 0 Å². The summed E-state index contributed by atoms with van der Waals surface area (Å²) in [4.78, 5) is 28.3. The van der Waals surface area contributed by atoms with Crippen LogP contribution < -0.4 is 9.61 Å². The summed E-state index contributed by atoms with van der Waals surface area (Å²) in [5.74, 6) is 2.36. The van der Waals surface area contributed by atoms with Gasteiger partial charge in [-0.2, -0.15) is 0 Å². The second-order valence-electron chi connectivity index (χ2n) is 7.95. The number of carbonyl (C=O) groups excluding carboxylic acids is 1. The monoisotopic (exact) mass is 495 g/mol. The number of fused-ring (bicyclic) bond motifs is 6. The van der Waals surface area contributed by atoms with Crippen LogP contribution in [0.15, 0.2) is 32.5 Å². The smallest absolute Gasteiger partial charge is 0.344 e. The van der Waals surface area contributed by atoms with Crippen molar-refractivity contribution in [2.45, 2.75) is 42.4 Å². The molecule has 0 saturated heterocycles. The van der Waals surface area contributed by atoms with Gasteiger partial charge in [-0.3, -0.25) is 4.79 Å². The molecule has 5 atom stereocenters. The van der Waals surface area contributed by atoms with E-state index in [0.29, 0.717) is 29.4 Å². The maximum Gasteiger partial charge on any atom is 0.344 e. The van der Waals surface area contributed by atoms with Crippen LogP contribution in [-0.2, 0) is 9.53 Å². The summed E-state index contributed by atoms with van der Waals surface area (Å²) in [6, 6.07) is 5.94. The fourth-order valence-corrected chi connectivity index (χ4v) is 8.69. The summed E-state index contributed by atoms with van der Waals surface area (Å²) >= 11 is 6.80. The van der Waals surface area contributed by atoms with Gasteiger partial charge in [0.05, 0.1) is 11.6 Å². The van der Waals surface area contributed by atoms with Crippen LogP contribution >= 0.6 is 39.0 Å². The van der Waals surface area contributed by atoms with E-state index in [9.17, 15) is 9.59 Å². The Morgan fingerprint density at radius 3 is 2.97 bits per heavy atom. The fraction of sp³-hybridized carbons (Fsp3) is 0.524. The highest BCUT2D eigenvalue weighted by molar-refractivity contribution is 9.10. The van der Waals surface area contributed by atoms with Crippen LogP contribution in [0.5, 0.6) is 5.75 Å². The van der Waals surface area contributed by atoms with Crippen LogP contribution in [0.1, 0.15) is 42.5 Å². The van der Waals surface area contributed by atoms with Crippen LogP contribution in [0.25, 0.3) is 0 Å². The van der Waals surface area contributed by atoms with Gasteiger partial charge in [-0.05, 0) is 62.1 Å². The number of thioether (sulfide) groups is 1. The Kier molecular flexibility index (Phi) is 5.28. The van der Waals surface area contributed by atoms with Crippen LogP contribution in [0, 0.1) is 17.8 Å². The maximum absolute atomic E-state index is 12.2. The number of H-pyrrole nitrogens is 1. The minimum absolute atomic E-state index is 0.00353. The third-order valence-corrected chi connectivity index (χ3v) is 9.54. The van der Waals surface area contributed by atoms with Crippen molar-refractivity contribution in [3.8, 4) is 5.75 Å². The number of benzene rings is 1. The molecule has 0 spiro atoms. The second kappa shape index (κ2) is 7.78. The molecule has 5 nitrogen and oxygen atoms in total. The van der Waals surface area contributed by atoms with Crippen molar-refractivity contribution in [1.29, 1.82) is 0 Å². The summed E-state index contributed by atoms with van der Waals surface area (Å²) in [5.41, 5.74) is 1.06. The summed E-state index contributed by atoms with van der Waals surface area (Å²) in [5, 5.41) is 1.56. The van der Waals surface area contributed by atoms with Gasteiger partial charge in [0.25, 0.3) is 0 Å². The number of aromatic amines is 1. The standard InChI is InChI=1S/C21H22BrNO4S2/c1-2-26-15(24)9-27-14-6-5-12(22)8-13(14)17-16-10-3-4-11(7-10)18(16)28-20-19(17)29-21(25)23-20/h5-6,8,10-11,16-18H,2-4,7,9H2,1H3,(H,23,25)/t10?,11?,16?,17-,18?/m1/s1. The molecule has 2 bridgehead atoms. The Labute approximate surface area is 185 Å². The van der Waals surface area contributed by atoms with E-state index in [4.69, 9.17) is 9.47 Å². The van der Waals surface area contributed by atoms with E-state index in [1.54, 1.807) is 6.92 Å². The molecule has 0 radical (unpaired) electrons. The number of thiazole rings is 1. The Bertz CT molecular complexity index is 1000. The second-order valence-corrected chi connectivity index (χ2v) is 11.1. The minimum atomic E-state index is -0.370. The number of rotatable bonds is 5. The molecule has 2 fully saturated rings. The Hall–Kier alpha value is -1.25. The maximum atomic E-state index is 12.2. The van der Waals surface area contributed by atoms with Crippen molar-refractivity contribution in [2.75, 3.05) is 13.2 Å². The number of esters is 1. The topological polar surface area (TPSA) is 68.4 Å². The molecule has 5 rings (SSSR count). The van der Waals surface area contributed by atoms with Gasteiger partial charge < -0.3 is 14.5 Å². The molecular formula is C21H22BrNO4S2. The number of nitrogens with one attached hydrogen (secondary N) is 1. The molecule has 2 aliphatic carbocycles. The third-order valence-electron chi connectivity index (χ3n) is 6.42. The molecule has 1 N–H and O–H groups in total. The van der Waals surface area contributed by atoms with E-state index >= 15 is 0 Å². The largest absolute Gasteiger partial charge is 0.482 e. The van der Waals surface area contributed by atoms with Gasteiger partial charge in [-0.25, -0.2) is 4.79 Å². The van der Waals surface area contributed by atoms with Crippen molar-refractivity contribution >= 4 is 45.0 Å². The van der Waals surface area contributed by atoms with E-state index in [2.05, 4.69) is 27.0 Å². The molecule has 4 unspecified atom stereocenters. The molecule has 2 aromatic rings. The first-order chi connectivity index (χ1) is 14.0. The molecule has 2 heterocycles. The zero-order valence-corrected chi connectivity index (χ0v) is 19.2. The van der Waals surface area contributed by atoms with Gasteiger partial charge in [-0.1, -0.05) is 27.3 Å². The van der Waals surface area contributed by atoms with Crippen molar-refractivity contribution in [2.24, 2.45) is 17.8 Å². The number of aromatic nitrogens is 1. The van der Waals surface area contributed by atoms with Crippen LogP contribution in [0.4, 0.5) is 0 Å². The molecule has 29 heavy (non-hydrogen) atoms. The van der Waals surface area contributed by atoms with E-state index in [-0.39, 0.29) is 23.4 Å². The third kappa shape index (κ3) is 3.47. The van der Waals surface area contributed by atoms with Gasteiger partial charge >= 0.3 is 10.8 Å². The molecule has 1 aromatic heterocycles. The zero-order valence-electron chi connectivity index (χ0n) is 16.0. The predicted octanol–water partition coefficient (Wildman–Crippen LogP) is 4.79. The Morgan fingerprint density at radius 2 is 2.14 bits per heavy atom. The molecule has 1 aromatic carbocycles. The average molecular weight is 496 g/mol. The number of ether oxygens (including phenoxy) is 2. The van der Waals surface area contributed by atoms with Crippen LogP contribution in [0.3, 0.4) is 0 Å². The lowest BCUT2D eigenvalue weighted by Gasteiger charge is -2.40. The lowest BCUT2D eigenvalue weighted by Crippen LogP contribution is -2.34. The molecule has 154 valence electrons. The van der Waals surface area contributed by atoms with Gasteiger partial charge in [0.1, 0.15) is 5.75 Å². The number of hydrogen-bond acceptors (Lipinski definition) is 6. The normalized spacial score (nSPS) is 29.4. The highest BCUT2D eigenvalue weighted by Crippen LogP contribution is 2.64. The van der Waals surface area contributed by atoms with Crippen LogP contribution in [0.2, 0.25) is 0 Å². The minimum Gasteiger partial charge on any atom is -0.482 e. The molecular weight excluding hydrogens is 474 g/mol. The molecule has 1 aliphatic heterocycles. The summed E-state index contributed by atoms with van der Waals surface area (Å²) < 4.78 is 11.9. The van der Waals surface area contributed by atoms with Gasteiger partial charge in [0.15, 0.2) is 6.61 Å². The first kappa shape index (κ1) is 19.7. The van der Waals surface area contributed by atoms with Crippen LogP contribution in [-0.4, -0.2) is 29.4 Å². The number of hydrogen-bond donors (Lipinski definition) is 1. The van der Waals surface area contributed by atoms with Gasteiger partial charge in [0, 0.05) is 26.1 Å². The van der Waals surface area contributed by atoms with Crippen molar-refractivity contribution in [3.63, 3.8) is 0 Å². The lowest BCUT2D eigenvalue weighted by atomic mass is 9.74. The molecule has 0 amide bonds. The van der Waals surface area contributed by atoms with Crippen molar-refractivity contribution in [3.05, 3.63) is 42.8 Å². The molecule has 8 heteroatoms. The first-order valence-electron chi connectivity index (χ1n) is 10.0. The quantitative estimate of drug-likeness (QED) is 0.603. The summed E-state index contributed by atoms with van der Waals surface area (Å²) in [6.07, 6.45) is 3.84. The van der Waals surface area contributed by atoms with E-state index in [1.165, 1.54) is 30.6 Å². The zero-order chi connectivity index (χ0) is 20.1. The number of carbonyl (C=O) groups is 1. The van der Waals surface area contributed by atoms with E-state index < -0.39 is 0 Å². The van der Waals surface area contributed by atoms with E-state index in [1.807, 2.05) is 23.9 Å². The first-order valence-corrected chi connectivity index (χ1v) is 12.5. The van der Waals surface area contributed by atoms with Crippen molar-refractivity contribution in [1.82, 2.24) is 4.98 Å². The lowest BCUT2D eigenvalue weighted by molar-refractivity contribution is -0.145.